The molecule has 0 radical (unpaired) electrons. The Balaban J connectivity index is 0.00000106. The zero-order valence-electron chi connectivity index (χ0n) is 12.2. The minimum Gasteiger partial charge on any atom is -0.464 e. The molecule has 2 aromatic rings. The zero-order valence-corrected chi connectivity index (χ0v) is 12.9. The lowest BCUT2D eigenvalue weighted by molar-refractivity contribution is 0.0594. The molecule has 0 aliphatic rings. The van der Waals surface area contributed by atoms with Crippen LogP contribution in [0.4, 0.5) is 4.39 Å². The first-order valence-corrected chi connectivity index (χ1v) is 6.95. The third-order valence-electron chi connectivity index (χ3n) is 2.66. The smallest absolute Gasteiger partial charge is 0.356 e. The molecular formula is C16H17ClFNO2. The number of aromatic nitrogens is 1. The van der Waals surface area contributed by atoms with Crippen LogP contribution in [0.3, 0.4) is 0 Å². The molecule has 21 heavy (non-hydrogen) atoms. The second-order valence-corrected chi connectivity index (χ2v) is 4.33. The Morgan fingerprint density at radius 2 is 2.00 bits per heavy atom. The SMILES string of the molecule is CC.COC(=O)c1ccc(Cc2c(F)cccc2Cl)cn1. The van der Waals surface area contributed by atoms with Gasteiger partial charge in [0.15, 0.2) is 0 Å². The maximum atomic E-state index is 13.6. The van der Waals surface area contributed by atoms with Gasteiger partial charge in [-0.05, 0) is 23.8 Å². The first-order valence-electron chi connectivity index (χ1n) is 6.58. The minimum absolute atomic E-state index is 0.214. The molecule has 2 rings (SSSR count). The van der Waals surface area contributed by atoms with E-state index in [2.05, 4.69) is 9.72 Å². The van der Waals surface area contributed by atoms with Gasteiger partial charge >= 0.3 is 5.97 Å². The molecule has 0 aliphatic carbocycles. The summed E-state index contributed by atoms with van der Waals surface area (Å²) in [7, 11) is 1.29. The molecule has 5 heteroatoms. The standard InChI is InChI=1S/C14H11ClFNO2.C2H6/c1-19-14(18)13-6-5-9(8-17-13)7-10-11(15)3-2-4-12(10)16;1-2/h2-6,8H,7H2,1H3;1-2H3. The van der Waals surface area contributed by atoms with Gasteiger partial charge in [-0.25, -0.2) is 14.2 Å². The summed E-state index contributed by atoms with van der Waals surface area (Å²) in [6, 6.07) is 7.78. The van der Waals surface area contributed by atoms with Crippen LogP contribution in [0.1, 0.15) is 35.5 Å². The lowest BCUT2D eigenvalue weighted by atomic mass is 10.1. The molecule has 0 unspecified atom stereocenters. The first-order chi connectivity index (χ1) is 10.1. The van der Waals surface area contributed by atoms with Gasteiger partial charge in [0.05, 0.1) is 7.11 Å². The van der Waals surface area contributed by atoms with Gasteiger partial charge in [-0.3, -0.25) is 0 Å². The van der Waals surface area contributed by atoms with E-state index in [1.807, 2.05) is 13.8 Å². The van der Waals surface area contributed by atoms with Crippen molar-refractivity contribution in [2.24, 2.45) is 0 Å². The monoisotopic (exact) mass is 309 g/mol. The molecule has 0 N–H and O–H groups in total. The molecule has 0 saturated carbocycles. The molecule has 3 nitrogen and oxygen atoms in total. The summed E-state index contributed by atoms with van der Waals surface area (Å²) in [6.07, 6.45) is 1.83. The quantitative estimate of drug-likeness (QED) is 0.794. The van der Waals surface area contributed by atoms with E-state index in [4.69, 9.17) is 11.6 Å². The van der Waals surface area contributed by atoms with E-state index in [0.29, 0.717) is 17.0 Å². The molecule has 0 spiro atoms. The highest BCUT2D eigenvalue weighted by molar-refractivity contribution is 6.31. The summed E-state index contributed by atoms with van der Waals surface area (Å²) >= 11 is 5.95. The molecule has 0 aliphatic heterocycles. The lowest BCUT2D eigenvalue weighted by Crippen LogP contribution is -2.04. The Labute approximate surface area is 128 Å². The maximum absolute atomic E-state index is 13.6. The predicted octanol–water partition coefficient (Wildman–Crippen LogP) is 4.28. The van der Waals surface area contributed by atoms with Crippen molar-refractivity contribution in [3.63, 3.8) is 0 Å². The average Bonchev–Trinajstić information content (AvgIpc) is 2.53. The van der Waals surface area contributed by atoms with Crippen LogP contribution in [0.2, 0.25) is 5.02 Å². The fourth-order valence-corrected chi connectivity index (χ4v) is 1.89. The maximum Gasteiger partial charge on any atom is 0.356 e. The van der Waals surface area contributed by atoms with Gasteiger partial charge in [-0.15, -0.1) is 0 Å². The van der Waals surface area contributed by atoms with Crippen molar-refractivity contribution in [2.45, 2.75) is 20.3 Å². The normalized spacial score (nSPS) is 9.57. The number of hydrogen-bond acceptors (Lipinski definition) is 3. The second-order valence-electron chi connectivity index (χ2n) is 3.92. The molecule has 1 heterocycles. The molecule has 0 bridgehead atoms. The number of carbonyl (C=O) groups is 1. The number of pyridine rings is 1. The minimum atomic E-state index is -0.504. The van der Waals surface area contributed by atoms with E-state index < -0.39 is 5.97 Å². The Morgan fingerprint density at radius 3 is 2.52 bits per heavy atom. The molecule has 0 saturated heterocycles. The molecule has 112 valence electrons. The van der Waals surface area contributed by atoms with Crippen LogP contribution < -0.4 is 0 Å². The van der Waals surface area contributed by atoms with Gasteiger partial charge in [0.2, 0.25) is 0 Å². The molecule has 1 aromatic heterocycles. The summed E-state index contributed by atoms with van der Waals surface area (Å²) in [5.41, 5.74) is 1.39. The number of hydrogen-bond donors (Lipinski definition) is 0. The van der Waals surface area contributed by atoms with E-state index in [9.17, 15) is 9.18 Å². The van der Waals surface area contributed by atoms with Crippen LogP contribution in [-0.4, -0.2) is 18.1 Å². The summed E-state index contributed by atoms with van der Waals surface area (Å²) < 4.78 is 18.2. The third kappa shape index (κ3) is 4.53. The van der Waals surface area contributed by atoms with Gasteiger partial charge in [-0.2, -0.15) is 0 Å². The van der Waals surface area contributed by atoms with Crippen LogP contribution in [0, 0.1) is 5.82 Å². The van der Waals surface area contributed by atoms with E-state index in [1.165, 1.54) is 25.4 Å². The second kappa shape index (κ2) is 8.37. The Hall–Kier alpha value is -1.94. The van der Waals surface area contributed by atoms with Crippen molar-refractivity contribution in [2.75, 3.05) is 7.11 Å². The summed E-state index contributed by atoms with van der Waals surface area (Å²) in [5.74, 6) is -0.861. The van der Waals surface area contributed by atoms with Crippen molar-refractivity contribution in [1.82, 2.24) is 4.98 Å². The number of ether oxygens (including phenoxy) is 1. The van der Waals surface area contributed by atoms with Crippen molar-refractivity contribution >= 4 is 17.6 Å². The van der Waals surface area contributed by atoms with Gasteiger partial charge in [0, 0.05) is 23.2 Å². The van der Waals surface area contributed by atoms with Crippen LogP contribution in [0.25, 0.3) is 0 Å². The van der Waals surface area contributed by atoms with Crippen molar-refractivity contribution in [3.05, 3.63) is 64.2 Å². The van der Waals surface area contributed by atoms with Gasteiger partial charge < -0.3 is 4.74 Å². The van der Waals surface area contributed by atoms with E-state index in [1.54, 1.807) is 18.2 Å². The van der Waals surface area contributed by atoms with E-state index in [-0.39, 0.29) is 11.5 Å². The lowest BCUT2D eigenvalue weighted by Gasteiger charge is -2.06. The van der Waals surface area contributed by atoms with Crippen molar-refractivity contribution < 1.29 is 13.9 Å². The zero-order chi connectivity index (χ0) is 15.8. The largest absolute Gasteiger partial charge is 0.464 e. The number of nitrogens with zero attached hydrogens (tertiary/aromatic N) is 1. The fourth-order valence-electron chi connectivity index (χ4n) is 1.66. The fraction of sp³-hybridized carbons (Fsp3) is 0.250. The molecular weight excluding hydrogens is 293 g/mol. The van der Waals surface area contributed by atoms with Crippen molar-refractivity contribution in [3.8, 4) is 0 Å². The number of halogens is 2. The summed E-state index contributed by atoms with van der Waals surface area (Å²) in [4.78, 5) is 15.2. The third-order valence-corrected chi connectivity index (χ3v) is 3.02. The van der Waals surface area contributed by atoms with Crippen LogP contribution in [0.5, 0.6) is 0 Å². The van der Waals surface area contributed by atoms with Crippen LogP contribution >= 0.6 is 11.6 Å². The number of carbonyl (C=O) groups excluding carboxylic acids is 1. The predicted molar refractivity (Wildman–Crippen MR) is 81.1 cm³/mol. The highest BCUT2D eigenvalue weighted by Crippen LogP contribution is 2.22. The topological polar surface area (TPSA) is 39.2 Å². The number of benzene rings is 1. The van der Waals surface area contributed by atoms with Gasteiger partial charge in [0.25, 0.3) is 0 Å². The Bertz CT molecular complexity index is 579. The molecule has 0 atom stereocenters. The summed E-state index contributed by atoms with van der Waals surface area (Å²) in [6.45, 7) is 4.00. The highest BCUT2D eigenvalue weighted by Gasteiger charge is 2.10. The summed E-state index contributed by atoms with van der Waals surface area (Å²) in [5, 5.41) is 0.372. The van der Waals surface area contributed by atoms with Crippen LogP contribution in [-0.2, 0) is 11.2 Å². The number of rotatable bonds is 3. The first kappa shape index (κ1) is 17.1. The van der Waals surface area contributed by atoms with Gasteiger partial charge in [0.1, 0.15) is 11.5 Å². The van der Waals surface area contributed by atoms with Crippen LogP contribution in [0.15, 0.2) is 36.5 Å². The Morgan fingerprint density at radius 1 is 1.29 bits per heavy atom. The van der Waals surface area contributed by atoms with E-state index >= 15 is 0 Å². The number of esters is 1. The highest BCUT2D eigenvalue weighted by atomic mass is 35.5. The molecule has 0 fully saturated rings. The molecule has 0 amide bonds. The van der Waals surface area contributed by atoms with E-state index in [0.717, 1.165) is 5.56 Å². The Kier molecular flexibility index (Phi) is 6.82. The number of methoxy groups -OCH3 is 1. The average molecular weight is 310 g/mol. The van der Waals surface area contributed by atoms with Crippen molar-refractivity contribution in [1.29, 1.82) is 0 Å². The molecule has 1 aromatic carbocycles. The van der Waals surface area contributed by atoms with Gasteiger partial charge in [-0.1, -0.05) is 37.6 Å².